The summed E-state index contributed by atoms with van der Waals surface area (Å²) < 4.78 is 12.0. The minimum absolute atomic E-state index is 0.0124. The molecule has 0 radical (unpaired) electrons. The third-order valence-electron chi connectivity index (χ3n) is 13.2. The Morgan fingerprint density at radius 3 is 1.94 bits per heavy atom. The molecule has 0 saturated carbocycles. The number of amides is 4. The van der Waals surface area contributed by atoms with E-state index in [1.54, 1.807) is 30.9 Å². The smallest absolute Gasteiger partial charge is 0.326 e. The van der Waals surface area contributed by atoms with Crippen molar-refractivity contribution in [3.63, 3.8) is 0 Å². The molecule has 0 aromatic heterocycles. The predicted molar refractivity (Wildman–Crippen MR) is 253 cm³/mol. The molecule has 0 spiro atoms. The predicted octanol–water partition coefficient (Wildman–Crippen LogP) is 6.26. The van der Waals surface area contributed by atoms with E-state index in [1.807, 2.05) is 78.9 Å². The zero-order valence-electron chi connectivity index (χ0n) is 41.1. The number of hydrogen-bond donors (Lipinski definition) is 3. The maximum Gasteiger partial charge on any atom is 0.326 e. The molecular weight excluding hydrogens is 811 g/mol. The van der Waals surface area contributed by atoms with E-state index in [0.717, 1.165) is 18.4 Å². The highest BCUT2D eigenvalue weighted by atomic mass is 16.5. The van der Waals surface area contributed by atoms with Crippen LogP contribution in [-0.4, -0.2) is 133 Å². The average Bonchev–Trinajstić information content (AvgIpc) is 3.74. The van der Waals surface area contributed by atoms with Crippen LogP contribution in [0.15, 0.2) is 54.6 Å². The lowest BCUT2D eigenvalue weighted by molar-refractivity contribution is -0.148. The van der Waals surface area contributed by atoms with Crippen LogP contribution >= 0.6 is 0 Å². The van der Waals surface area contributed by atoms with Crippen molar-refractivity contribution in [1.29, 1.82) is 0 Å². The van der Waals surface area contributed by atoms with E-state index in [1.165, 1.54) is 18.2 Å². The van der Waals surface area contributed by atoms with Gasteiger partial charge < -0.3 is 35.0 Å². The van der Waals surface area contributed by atoms with Gasteiger partial charge in [0, 0.05) is 40.8 Å². The third-order valence-corrected chi connectivity index (χ3v) is 13.2. The van der Waals surface area contributed by atoms with Crippen LogP contribution in [0, 0.1) is 29.6 Å². The number of likely N-dealkylation sites (tertiary alicyclic amines) is 1. The molecule has 0 unspecified atom stereocenters. The van der Waals surface area contributed by atoms with Gasteiger partial charge in [0.15, 0.2) is 0 Å². The molecule has 1 fully saturated rings. The summed E-state index contributed by atoms with van der Waals surface area (Å²) in [6, 6.07) is 14.5. The summed E-state index contributed by atoms with van der Waals surface area (Å²) in [4.78, 5) is 74.4. The molecule has 3 rings (SSSR count). The Labute approximate surface area is 384 Å². The number of ether oxygens (including phenoxy) is 2. The summed E-state index contributed by atoms with van der Waals surface area (Å²) in [5, 5.41) is 15.8. The van der Waals surface area contributed by atoms with Gasteiger partial charge in [-0.3, -0.25) is 24.1 Å². The number of carbonyl (C=O) groups excluding carboxylic acids is 4. The minimum atomic E-state index is -1.14. The van der Waals surface area contributed by atoms with Crippen molar-refractivity contribution in [3.05, 3.63) is 71.3 Å². The van der Waals surface area contributed by atoms with Gasteiger partial charge in [-0.1, -0.05) is 123 Å². The lowest BCUT2D eigenvalue weighted by Crippen LogP contribution is -2.60. The molecular formula is C51H81N5O8. The zero-order chi connectivity index (χ0) is 47.8. The SMILES string of the molecule is CC[C@H](C)[C@@H]([C@@H](CC(=O)N1CCC[C@H]1[C@H](OC)[C@@H](C)C(=O)N[C@@H](Cc1ccccc1)C(=O)O)OC)N(C)C(=O)[C@@H](NC(=O)[C@H](C(C)C)N(C)CCc1ccc(CC(C)C)cc1)C(C)C. The van der Waals surface area contributed by atoms with Crippen LogP contribution in [-0.2, 0) is 52.7 Å². The molecule has 0 bridgehead atoms. The summed E-state index contributed by atoms with van der Waals surface area (Å²) in [7, 11) is 6.75. The second kappa shape index (κ2) is 26.0. The number of likely N-dealkylation sites (N-methyl/N-ethyl adjacent to an activating group) is 2. The molecule has 4 amide bonds. The third kappa shape index (κ3) is 15.1. The summed E-state index contributed by atoms with van der Waals surface area (Å²) in [5.41, 5.74) is 3.31. The van der Waals surface area contributed by atoms with E-state index in [9.17, 15) is 29.1 Å². The number of nitrogens with one attached hydrogen (secondary N) is 2. The van der Waals surface area contributed by atoms with Gasteiger partial charge >= 0.3 is 5.97 Å². The number of nitrogens with zero attached hydrogens (tertiary/aromatic N) is 3. The molecule has 64 heavy (non-hydrogen) atoms. The highest BCUT2D eigenvalue weighted by Crippen LogP contribution is 2.30. The highest BCUT2D eigenvalue weighted by molar-refractivity contribution is 5.90. The summed E-state index contributed by atoms with van der Waals surface area (Å²) in [6.45, 7) is 19.2. The Balaban J connectivity index is 1.75. The van der Waals surface area contributed by atoms with Gasteiger partial charge in [-0.25, -0.2) is 4.79 Å². The van der Waals surface area contributed by atoms with E-state index >= 15 is 0 Å². The van der Waals surface area contributed by atoms with Gasteiger partial charge in [-0.15, -0.1) is 0 Å². The van der Waals surface area contributed by atoms with Gasteiger partial charge in [0.05, 0.1) is 42.7 Å². The monoisotopic (exact) mass is 892 g/mol. The van der Waals surface area contributed by atoms with Crippen molar-refractivity contribution in [1.82, 2.24) is 25.3 Å². The number of rotatable bonds is 26. The van der Waals surface area contributed by atoms with E-state index in [-0.39, 0.29) is 48.3 Å². The minimum Gasteiger partial charge on any atom is -0.480 e. The molecule has 1 heterocycles. The molecule has 13 heteroatoms. The fourth-order valence-electron chi connectivity index (χ4n) is 9.40. The summed E-state index contributed by atoms with van der Waals surface area (Å²) in [6.07, 6.45) is 2.58. The van der Waals surface area contributed by atoms with Gasteiger partial charge in [-0.2, -0.15) is 0 Å². The number of benzene rings is 2. The molecule has 13 nitrogen and oxygen atoms in total. The van der Waals surface area contributed by atoms with Crippen molar-refractivity contribution in [2.75, 3.05) is 41.4 Å². The van der Waals surface area contributed by atoms with Crippen LogP contribution in [0.4, 0.5) is 0 Å². The van der Waals surface area contributed by atoms with Crippen molar-refractivity contribution in [3.8, 4) is 0 Å². The van der Waals surface area contributed by atoms with E-state index in [4.69, 9.17) is 9.47 Å². The fraction of sp³-hybridized carbons (Fsp3) is 0.667. The standard InChI is InChI=1S/C51H81N5O8/c1-14-35(8)46(55(11)50(60)44(33(4)5)53-49(59)45(34(6)7)54(10)28-26-37-22-24-39(25-23-37)29-32(2)3)42(63-12)31-43(57)56-27-18-21-41(56)47(64-13)36(9)48(58)52-40(51(61)62)30-38-19-16-15-17-20-38/h15-17,19-20,22-25,32-36,40-42,44-47H,14,18,21,26-31H2,1-13H3,(H,52,58)(H,53,59)(H,61,62)/t35-,36+,40-,41-,42+,44-,45-,46-,47+/m0/s1. The largest absolute Gasteiger partial charge is 0.480 e. The van der Waals surface area contributed by atoms with Crippen LogP contribution in [0.25, 0.3) is 0 Å². The van der Waals surface area contributed by atoms with Gasteiger partial charge in [-0.05, 0) is 73.1 Å². The summed E-state index contributed by atoms with van der Waals surface area (Å²) >= 11 is 0. The van der Waals surface area contributed by atoms with Gasteiger partial charge in [0.25, 0.3) is 0 Å². The maximum absolute atomic E-state index is 14.6. The second-order valence-electron chi connectivity index (χ2n) is 19.2. The first kappa shape index (κ1) is 54.0. The quantitative estimate of drug-likeness (QED) is 0.0993. The molecule has 1 saturated heterocycles. The van der Waals surface area contributed by atoms with Crippen LogP contribution in [0.1, 0.15) is 105 Å². The van der Waals surface area contributed by atoms with Crippen LogP contribution < -0.4 is 10.6 Å². The molecule has 1 aliphatic heterocycles. The lowest BCUT2D eigenvalue weighted by Gasteiger charge is -2.41. The zero-order valence-corrected chi connectivity index (χ0v) is 41.1. The Kier molecular flexibility index (Phi) is 21.9. The van der Waals surface area contributed by atoms with Gasteiger partial charge in [0.2, 0.25) is 23.6 Å². The van der Waals surface area contributed by atoms with Crippen LogP contribution in [0.2, 0.25) is 0 Å². The second-order valence-corrected chi connectivity index (χ2v) is 19.2. The Morgan fingerprint density at radius 2 is 1.41 bits per heavy atom. The van der Waals surface area contributed by atoms with E-state index < -0.39 is 60.2 Å². The first-order chi connectivity index (χ1) is 30.2. The van der Waals surface area contributed by atoms with Crippen molar-refractivity contribution in [2.24, 2.45) is 29.6 Å². The fourth-order valence-corrected chi connectivity index (χ4v) is 9.40. The molecule has 358 valence electrons. The average molecular weight is 892 g/mol. The first-order valence-electron chi connectivity index (χ1n) is 23.5. The lowest BCUT2D eigenvalue weighted by atomic mass is 9.89. The van der Waals surface area contributed by atoms with E-state index in [0.29, 0.717) is 38.3 Å². The van der Waals surface area contributed by atoms with Crippen molar-refractivity contribution < 1.29 is 38.6 Å². The number of carbonyl (C=O) groups is 5. The normalized spacial score (nSPS) is 18.0. The number of carboxylic acids is 1. The molecule has 0 aliphatic carbocycles. The Hall–Kier alpha value is -4.33. The van der Waals surface area contributed by atoms with Gasteiger partial charge in [0.1, 0.15) is 12.1 Å². The highest BCUT2D eigenvalue weighted by Gasteiger charge is 2.43. The van der Waals surface area contributed by atoms with Crippen molar-refractivity contribution >= 4 is 29.6 Å². The number of hydrogen-bond acceptors (Lipinski definition) is 8. The molecule has 1 aliphatic rings. The topological polar surface area (TPSA) is 158 Å². The Bertz CT molecular complexity index is 1770. The van der Waals surface area contributed by atoms with Crippen LogP contribution in [0.3, 0.4) is 0 Å². The molecule has 9 atom stereocenters. The molecule has 2 aromatic carbocycles. The maximum atomic E-state index is 14.6. The molecule has 3 N–H and O–H groups in total. The summed E-state index contributed by atoms with van der Waals surface area (Å²) in [5.74, 6) is -2.72. The molecule has 2 aromatic rings. The number of aliphatic carboxylic acids is 1. The van der Waals surface area contributed by atoms with Crippen molar-refractivity contribution in [2.45, 2.75) is 150 Å². The number of carboxylic acid groups (broad SMARTS) is 1. The first-order valence-corrected chi connectivity index (χ1v) is 23.5. The Morgan fingerprint density at radius 1 is 0.797 bits per heavy atom. The number of methoxy groups -OCH3 is 2. The van der Waals surface area contributed by atoms with Crippen LogP contribution in [0.5, 0.6) is 0 Å². The van der Waals surface area contributed by atoms with E-state index in [2.05, 4.69) is 53.6 Å².